The quantitative estimate of drug-likeness (QED) is 0.693. The monoisotopic (exact) mass is 168 g/mol. The van der Waals surface area contributed by atoms with Gasteiger partial charge in [0.05, 0.1) is 1.37 Å². The third kappa shape index (κ3) is 2.36. The van der Waals surface area contributed by atoms with E-state index >= 15 is 0 Å². The van der Waals surface area contributed by atoms with Gasteiger partial charge in [0.1, 0.15) is 8.84 Å². The van der Waals surface area contributed by atoms with Crippen LogP contribution in [0.4, 0.5) is 0 Å². The number of rotatable bonds is 4. The summed E-state index contributed by atoms with van der Waals surface area (Å²) in [5.41, 5.74) is 0.516. The van der Waals surface area contributed by atoms with Crippen LogP contribution in [0.2, 0.25) is 2.82 Å². The topological polar surface area (TPSA) is 63.3 Å². The number of hydrogen-bond acceptors (Lipinski definition) is 2. The molecule has 0 aliphatic heterocycles. The molecule has 1 rings (SSSR count). The Hall–Kier alpha value is -1.35. The molecule has 0 saturated carbocycles. The molecule has 0 fully saturated rings. The Bertz CT molecular complexity index is 344. The molecule has 1 aromatic rings. The minimum Gasteiger partial charge on any atom is -0.480 e. The molecule has 12 heavy (non-hydrogen) atoms. The molecule has 0 unspecified atom stereocenters. The predicted molar refractivity (Wildman–Crippen MR) is 45.8 cm³/mol. The third-order valence-electron chi connectivity index (χ3n) is 1.46. The summed E-state index contributed by atoms with van der Waals surface area (Å²) in [5.74, 6) is -1.50. The fraction of sp³-hybridized carbons (Fsp3) is 0.222. The normalized spacial score (nSPS) is 18.9. The maximum absolute atomic E-state index is 10.8. The molecule has 3 heteroatoms. The van der Waals surface area contributed by atoms with E-state index < -0.39 is 12.0 Å². The predicted octanol–water partition coefficient (Wildman–Crippen LogP) is 0.641. The number of nitrogens with two attached hydrogens (primary N) is 1. The maximum atomic E-state index is 10.8. The van der Waals surface area contributed by atoms with Crippen LogP contribution in [0.3, 0.4) is 0 Å². The van der Waals surface area contributed by atoms with Gasteiger partial charge in [-0.05, 0) is 12.0 Å². The fourth-order valence-corrected chi connectivity index (χ4v) is 0.865. The zero-order valence-corrected chi connectivity index (χ0v) is 6.40. The van der Waals surface area contributed by atoms with Crippen molar-refractivity contribution in [3.8, 4) is 0 Å². The molecule has 0 radical (unpaired) electrons. The zero-order valence-electron chi connectivity index (χ0n) is 9.40. The van der Waals surface area contributed by atoms with E-state index in [0.29, 0.717) is 5.56 Å². The van der Waals surface area contributed by atoms with Gasteiger partial charge >= 0.3 is 5.97 Å². The molecule has 0 spiro atoms. The van der Waals surface area contributed by atoms with Crippen molar-refractivity contribution in [1.29, 1.82) is 0 Å². The molecule has 3 N–H and O–H groups in total. The first kappa shape index (κ1) is 5.32. The van der Waals surface area contributed by atoms with Crippen LogP contribution in [0.15, 0.2) is 30.3 Å². The molecular weight excluding hydrogens is 154 g/mol. The SMILES string of the molecule is [2H]N([2H])[C@@]([2H])(Cc1ccccc1)C(=O)O. The van der Waals surface area contributed by atoms with Gasteiger partial charge in [0.25, 0.3) is 0 Å². The Labute approximate surface area is 75.2 Å². The van der Waals surface area contributed by atoms with Crippen LogP contribution in [0.25, 0.3) is 0 Å². The summed E-state index contributed by atoms with van der Waals surface area (Å²) in [7, 11) is 0. The molecule has 0 heterocycles. The molecule has 0 aromatic heterocycles. The Morgan fingerprint density at radius 1 is 1.67 bits per heavy atom. The second kappa shape index (κ2) is 3.88. The van der Waals surface area contributed by atoms with Gasteiger partial charge in [-0.25, -0.2) is 0 Å². The van der Waals surface area contributed by atoms with Crippen molar-refractivity contribution >= 4 is 5.97 Å². The van der Waals surface area contributed by atoms with Gasteiger partial charge in [0.15, 0.2) is 0 Å². The van der Waals surface area contributed by atoms with Gasteiger partial charge in [-0.3, -0.25) is 4.79 Å². The second-order valence-corrected chi connectivity index (χ2v) is 2.41. The highest BCUT2D eigenvalue weighted by Gasteiger charge is 2.10. The number of carbonyl (C=O) groups is 1. The van der Waals surface area contributed by atoms with Crippen LogP contribution in [-0.2, 0) is 11.2 Å². The average Bonchev–Trinajstić information content (AvgIpc) is 2.18. The van der Waals surface area contributed by atoms with E-state index in [0.717, 1.165) is 0 Å². The summed E-state index contributed by atoms with van der Waals surface area (Å²) in [6.45, 7) is 0. The molecule has 0 bridgehead atoms. The lowest BCUT2D eigenvalue weighted by atomic mass is 10.1. The highest BCUT2D eigenvalue weighted by molar-refractivity contribution is 5.73. The minimum absolute atomic E-state index is 0.0949. The summed E-state index contributed by atoms with van der Waals surface area (Å²) in [6.07, 6.45) is -0.198. The molecule has 1 atom stereocenters. The molecule has 0 saturated heterocycles. The first-order valence-electron chi connectivity index (χ1n) is 4.91. The number of hydrogen-bond donors (Lipinski definition) is 2. The van der Waals surface area contributed by atoms with Crippen LogP contribution in [-0.4, -0.2) is 17.1 Å². The van der Waals surface area contributed by atoms with Gasteiger partial charge in [-0.1, -0.05) is 30.3 Å². The van der Waals surface area contributed by atoms with Crippen molar-refractivity contribution in [3.05, 3.63) is 35.9 Å². The van der Waals surface area contributed by atoms with Crippen molar-refractivity contribution in [1.82, 2.24) is 0 Å². The summed E-state index contributed by atoms with van der Waals surface area (Å²) in [4.78, 5) is 10.8. The van der Waals surface area contributed by atoms with E-state index in [9.17, 15) is 4.79 Å². The molecule has 1 aromatic carbocycles. The third-order valence-corrected chi connectivity index (χ3v) is 1.46. The lowest BCUT2D eigenvalue weighted by Gasteiger charge is -2.04. The van der Waals surface area contributed by atoms with E-state index in [-0.39, 0.29) is 12.1 Å². The molecule has 0 aliphatic carbocycles. The fourth-order valence-electron chi connectivity index (χ4n) is 0.865. The van der Waals surface area contributed by atoms with Crippen LogP contribution < -0.4 is 5.72 Å². The molecule has 0 aliphatic rings. The van der Waals surface area contributed by atoms with Crippen molar-refractivity contribution in [2.45, 2.75) is 12.4 Å². The second-order valence-electron chi connectivity index (χ2n) is 2.41. The number of benzene rings is 1. The Morgan fingerprint density at radius 3 is 2.83 bits per heavy atom. The van der Waals surface area contributed by atoms with Crippen LogP contribution >= 0.6 is 0 Å². The number of carboxylic acids is 1. The summed E-state index contributed by atoms with van der Waals surface area (Å²) in [5, 5.41) is 8.80. The van der Waals surface area contributed by atoms with E-state index in [4.69, 9.17) is 9.30 Å². The van der Waals surface area contributed by atoms with E-state index in [1.807, 2.05) is 0 Å². The van der Waals surface area contributed by atoms with E-state index in [1.54, 1.807) is 30.3 Å². The molecule has 3 nitrogen and oxygen atoms in total. The van der Waals surface area contributed by atoms with Gasteiger partial charge in [0.2, 0.25) is 0 Å². The first-order valence-corrected chi connectivity index (χ1v) is 3.52. The first-order chi connectivity index (χ1) is 6.97. The Morgan fingerprint density at radius 2 is 2.33 bits per heavy atom. The number of carboxylic acid groups (broad SMARTS) is 1. The van der Waals surface area contributed by atoms with E-state index in [1.165, 1.54) is 0 Å². The van der Waals surface area contributed by atoms with Gasteiger partial charge in [-0.2, -0.15) is 0 Å². The smallest absolute Gasteiger partial charge is 0.320 e. The van der Waals surface area contributed by atoms with Crippen molar-refractivity contribution in [2.75, 3.05) is 0 Å². The average molecular weight is 168 g/mol. The number of aliphatic carboxylic acids is 1. The largest absolute Gasteiger partial charge is 0.480 e. The van der Waals surface area contributed by atoms with Crippen molar-refractivity contribution in [2.24, 2.45) is 5.72 Å². The minimum atomic E-state index is -2.26. The summed E-state index contributed by atoms with van der Waals surface area (Å²) in [6, 6.07) is 6.27. The van der Waals surface area contributed by atoms with Gasteiger partial charge in [0, 0.05) is 0 Å². The lowest BCUT2D eigenvalue weighted by molar-refractivity contribution is -0.138. The Balaban J connectivity index is 2.90. The van der Waals surface area contributed by atoms with Gasteiger partial charge in [-0.15, -0.1) is 0 Å². The highest BCUT2D eigenvalue weighted by atomic mass is 16.4. The molecular formula is C9H11NO2. The van der Waals surface area contributed by atoms with Crippen molar-refractivity contribution in [3.63, 3.8) is 0 Å². The zero-order chi connectivity index (χ0) is 11.5. The van der Waals surface area contributed by atoms with E-state index in [2.05, 4.69) is 0 Å². The molecule has 64 valence electrons. The van der Waals surface area contributed by atoms with Crippen LogP contribution in [0.1, 0.15) is 6.93 Å². The van der Waals surface area contributed by atoms with Crippen molar-refractivity contribution < 1.29 is 14.1 Å². The maximum Gasteiger partial charge on any atom is 0.320 e. The van der Waals surface area contributed by atoms with Crippen LogP contribution in [0, 0.1) is 0 Å². The lowest BCUT2D eigenvalue weighted by Crippen LogP contribution is -2.32. The van der Waals surface area contributed by atoms with Gasteiger partial charge < -0.3 is 10.8 Å². The highest BCUT2D eigenvalue weighted by Crippen LogP contribution is 2.01. The Kier molecular flexibility index (Phi) is 1.72. The summed E-state index contributed by atoms with van der Waals surface area (Å²) < 4.78 is 21.4. The summed E-state index contributed by atoms with van der Waals surface area (Å²) >= 11 is 0. The van der Waals surface area contributed by atoms with Crippen LogP contribution in [0.5, 0.6) is 0 Å². The molecule has 0 amide bonds. The standard InChI is InChI=1S/C9H11NO2/c10-8(9(11)12)6-7-4-2-1-3-5-7/h1-5,8H,6,10H2,(H,11,12)/t8-/m0/s1/i8D/hD2.